The Hall–Kier alpha value is -1.46. The van der Waals surface area contributed by atoms with E-state index in [0.29, 0.717) is 21.9 Å². The summed E-state index contributed by atoms with van der Waals surface area (Å²) in [5, 5.41) is 5.87. The van der Waals surface area contributed by atoms with E-state index in [1.54, 1.807) is 29.4 Å². The molecule has 0 unspecified atom stereocenters. The number of nitrogens with zero attached hydrogens (tertiary/aromatic N) is 2. The standard InChI is InChI=1S/C13H13ClN2O2S/c1-3-10-9(6-16(2)15-10)12(18)5-11(17)8-4-13(14)19-7-8/h4,6-7H,3,5H2,1-2H3. The molecule has 2 heterocycles. The molecule has 4 nitrogen and oxygen atoms in total. The predicted octanol–water partition coefficient (Wildman–Crippen LogP) is 3.15. The van der Waals surface area contributed by atoms with Gasteiger partial charge in [0.05, 0.1) is 22.0 Å². The Kier molecular flexibility index (Phi) is 4.17. The Morgan fingerprint density at radius 2 is 2.16 bits per heavy atom. The minimum atomic E-state index is -0.209. The van der Waals surface area contributed by atoms with Crippen molar-refractivity contribution >= 4 is 34.5 Å². The van der Waals surface area contributed by atoms with Crippen molar-refractivity contribution in [2.75, 3.05) is 0 Å². The summed E-state index contributed by atoms with van der Waals surface area (Å²) in [6, 6.07) is 1.59. The van der Waals surface area contributed by atoms with E-state index in [-0.39, 0.29) is 18.0 Å². The van der Waals surface area contributed by atoms with E-state index in [0.717, 1.165) is 5.69 Å². The molecule has 0 amide bonds. The molecular formula is C13H13ClN2O2S. The Morgan fingerprint density at radius 3 is 2.74 bits per heavy atom. The highest BCUT2D eigenvalue weighted by Crippen LogP contribution is 2.21. The van der Waals surface area contributed by atoms with Gasteiger partial charge in [0, 0.05) is 24.2 Å². The summed E-state index contributed by atoms with van der Waals surface area (Å²) < 4.78 is 2.14. The number of aromatic nitrogens is 2. The summed E-state index contributed by atoms with van der Waals surface area (Å²) in [4.78, 5) is 24.1. The summed E-state index contributed by atoms with van der Waals surface area (Å²) in [6.45, 7) is 1.93. The fraction of sp³-hybridized carbons (Fsp3) is 0.308. The van der Waals surface area contributed by atoms with Crippen LogP contribution in [0.2, 0.25) is 4.34 Å². The minimum absolute atomic E-state index is 0.147. The zero-order valence-electron chi connectivity index (χ0n) is 10.6. The zero-order valence-corrected chi connectivity index (χ0v) is 12.2. The van der Waals surface area contributed by atoms with Crippen LogP contribution in [0.15, 0.2) is 17.6 Å². The molecule has 0 aliphatic rings. The quantitative estimate of drug-likeness (QED) is 0.629. The number of Topliss-reactive ketones (excluding diaryl/α,β-unsaturated/α-hetero) is 2. The van der Waals surface area contributed by atoms with Gasteiger partial charge in [0.2, 0.25) is 0 Å². The van der Waals surface area contributed by atoms with Crippen LogP contribution < -0.4 is 0 Å². The molecule has 0 atom stereocenters. The molecule has 0 aliphatic heterocycles. The molecule has 0 bridgehead atoms. The van der Waals surface area contributed by atoms with E-state index in [1.807, 2.05) is 6.92 Å². The van der Waals surface area contributed by atoms with Gasteiger partial charge in [-0.1, -0.05) is 18.5 Å². The highest BCUT2D eigenvalue weighted by molar-refractivity contribution is 7.14. The first-order chi connectivity index (χ1) is 9.01. The molecule has 19 heavy (non-hydrogen) atoms. The van der Waals surface area contributed by atoms with Crippen LogP contribution in [0.3, 0.4) is 0 Å². The molecule has 100 valence electrons. The molecule has 0 fully saturated rings. The first kappa shape index (κ1) is 14.0. The maximum absolute atomic E-state index is 12.1. The van der Waals surface area contributed by atoms with Crippen molar-refractivity contribution in [3.05, 3.63) is 38.8 Å². The van der Waals surface area contributed by atoms with Crippen LogP contribution in [0.25, 0.3) is 0 Å². The monoisotopic (exact) mass is 296 g/mol. The first-order valence-electron chi connectivity index (χ1n) is 5.84. The fourth-order valence-electron chi connectivity index (χ4n) is 1.83. The van der Waals surface area contributed by atoms with Crippen LogP contribution in [0, 0.1) is 0 Å². The smallest absolute Gasteiger partial charge is 0.174 e. The summed E-state index contributed by atoms with van der Waals surface area (Å²) in [7, 11) is 1.76. The molecule has 0 saturated heterocycles. The van der Waals surface area contributed by atoms with Gasteiger partial charge in [-0.2, -0.15) is 5.10 Å². The predicted molar refractivity (Wildman–Crippen MR) is 75.2 cm³/mol. The molecule has 6 heteroatoms. The molecule has 0 N–H and O–H groups in total. The second kappa shape index (κ2) is 5.67. The SMILES string of the molecule is CCc1nn(C)cc1C(=O)CC(=O)c1csc(Cl)c1. The third-order valence-corrected chi connectivity index (χ3v) is 3.84. The van der Waals surface area contributed by atoms with Crippen molar-refractivity contribution in [1.82, 2.24) is 9.78 Å². The van der Waals surface area contributed by atoms with E-state index in [1.165, 1.54) is 11.3 Å². The normalized spacial score (nSPS) is 10.7. The van der Waals surface area contributed by atoms with Crippen molar-refractivity contribution in [2.45, 2.75) is 19.8 Å². The number of halogens is 1. The summed E-state index contributed by atoms with van der Waals surface area (Å²) >= 11 is 7.06. The number of rotatable bonds is 5. The van der Waals surface area contributed by atoms with Crippen LogP contribution in [-0.4, -0.2) is 21.3 Å². The molecule has 2 aromatic rings. The van der Waals surface area contributed by atoms with Gasteiger partial charge >= 0.3 is 0 Å². The van der Waals surface area contributed by atoms with E-state index in [2.05, 4.69) is 5.10 Å². The third kappa shape index (κ3) is 3.11. The van der Waals surface area contributed by atoms with Crippen molar-refractivity contribution < 1.29 is 9.59 Å². The number of carbonyl (C=O) groups is 2. The lowest BCUT2D eigenvalue weighted by Gasteiger charge is -1.98. The van der Waals surface area contributed by atoms with Gasteiger partial charge in [0.1, 0.15) is 0 Å². The van der Waals surface area contributed by atoms with Gasteiger partial charge in [-0.3, -0.25) is 14.3 Å². The molecule has 0 aromatic carbocycles. The lowest BCUT2D eigenvalue weighted by molar-refractivity contribution is 0.0894. The topological polar surface area (TPSA) is 52.0 Å². The number of ketones is 2. The lowest BCUT2D eigenvalue weighted by atomic mass is 10.0. The largest absolute Gasteiger partial charge is 0.294 e. The molecular weight excluding hydrogens is 284 g/mol. The van der Waals surface area contributed by atoms with Crippen molar-refractivity contribution in [3.63, 3.8) is 0 Å². The molecule has 0 saturated carbocycles. The van der Waals surface area contributed by atoms with Crippen molar-refractivity contribution in [3.8, 4) is 0 Å². The summed E-state index contributed by atoms with van der Waals surface area (Å²) in [6.07, 6.45) is 2.18. The minimum Gasteiger partial charge on any atom is -0.294 e. The number of hydrogen-bond donors (Lipinski definition) is 0. The van der Waals surface area contributed by atoms with Gasteiger partial charge in [-0.15, -0.1) is 11.3 Å². The lowest BCUT2D eigenvalue weighted by Crippen LogP contribution is -2.09. The van der Waals surface area contributed by atoms with Crippen LogP contribution in [0.4, 0.5) is 0 Å². The molecule has 0 radical (unpaired) electrons. The number of carbonyl (C=O) groups excluding carboxylic acids is 2. The molecule has 0 spiro atoms. The first-order valence-corrected chi connectivity index (χ1v) is 7.10. The van der Waals surface area contributed by atoms with Crippen LogP contribution >= 0.6 is 22.9 Å². The average molecular weight is 297 g/mol. The van der Waals surface area contributed by atoms with Crippen molar-refractivity contribution in [2.24, 2.45) is 7.05 Å². The van der Waals surface area contributed by atoms with Crippen molar-refractivity contribution in [1.29, 1.82) is 0 Å². The molecule has 2 rings (SSSR count). The van der Waals surface area contributed by atoms with E-state index >= 15 is 0 Å². The number of thiophene rings is 1. The van der Waals surface area contributed by atoms with Gasteiger partial charge < -0.3 is 0 Å². The fourth-order valence-corrected chi connectivity index (χ4v) is 2.71. The highest BCUT2D eigenvalue weighted by atomic mass is 35.5. The average Bonchev–Trinajstić information content (AvgIpc) is 2.95. The maximum Gasteiger partial charge on any atom is 0.174 e. The Morgan fingerprint density at radius 1 is 1.42 bits per heavy atom. The van der Waals surface area contributed by atoms with Crippen LogP contribution in [0.1, 0.15) is 39.8 Å². The van der Waals surface area contributed by atoms with E-state index < -0.39 is 0 Å². The van der Waals surface area contributed by atoms with Crippen LogP contribution in [-0.2, 0) is 13.5 Å². The van der Waals surface area contributed by atoms with Gasteiger partial charge in [-0.25, -0.2) is 0 Å². The number of aryl methyl sites for hydroxylation is 2. The molecule has 0 aliphatic carbocycles. The third-order valence-electron chi connectivity index (χ3n) is 2.75. The van der Waals surface area contributed by atoms with E-state index in [9.17, 15) is 9.59 Å². The second-order valence-corrected chi connectivity index (χ2v) is 5.72. The Balaban J connectivity index is 2.14. The maximum atomic E-state index is 12.1. The molecule has 2 aromatic heterocycles. The number of hydrogen-bond acceptors (Lipinski definition) is 4. The van der Waals surface area contributed by atoms with Gasteiger partial charge in [0.15, 0.2) is 11.6 Å². The Labute approximate surface area is 120 Å². The highest BCUT2D eigenvalue weighted by Gasteiger charge is 2.19. The van der Waals surface area contributed by atoms with Gasteiger partial charge in [0.25, 0.3) is 0 Å². The van der Waals surface area contributed by atoms with Gasteiger partial charge in [-0.05, 0) is 12.5 Å². The summed E-state index contributed by atoms with van der Waals surface area (Å²) in [5.74, 6) is -0.406. The second-order valence-electron chi connectivity index (χ2n) is 4.18. The van der Waals surface area contributed by atoms with E-state index in [4.69, 9.17) is 11.6 Å². The Bertz CT molecular complexity index is 630. The zero-order chi connectivity index (χ0) is 14.0. The van der Waals surface area contributed by atoms with Crippen LogP contribution in [0.5, 0.6) is 0 Å². The summed E-state index contributed by atoms with van der Waals surface area (Å²) in [5.41, 5.74) is 1.74.